The van der Waals surface area contributed by atoms with Crippen LogP contribution >= 0.6 is 11.8 Å². The minimum absolute atomic E-state index is 0.0259. The smallest absolute Gasteiger partial charge is 0.338 e. The fraction of sp³-hybridized carbons (Fsp3) is 0.500. The van der Waals surface area contributed by atoms with Crippen molar-refractivity contribution < 1.29 is 15.0 Å². The first-order valence-electron chi connectivity index (χ1n) is 6.37. The zero-order valence-electron chi connectivity index (χ0n) is 11.5. The maximum absolute atomic E-state index is 11.4. The van der Waals surface area contributed by atoms with Gasteiger partial charge in [0.1, 0.15) is 0 Å². The van der Waals surface area contributed by atoms with E-state index in [-0.39, 0.29) is 24.1 Å². The molecule has 1 rings (SSSR count). The van der Waals surface area contributed by atoms with E-state index in [1.54, 1.807) is 6.07 Å². The van der Waals surface area contributed by atoms with E-state index in [0.29, 0.717) is 5.69 Å². The summed E-state index contributed by atoms with van der Waals surface area (Å²) in [5.41, 5.74) is 0.854. The third kappa shape index (κ3) is 4.14. The van der Waals surface area contributed by atoms with Crippen molar-refractivity contribution in [3.05, 3.63) is 23.8 Å². The summed E-state index contributed by atoms with van der Waals surface area (Å²) in [6.45, 7) is 5.93. The summed E-state index contributed by atoms with van der Waals surface area (Å²) in [6, 6.07) is 5.24. The highest BCUT2D eigenvalue weighted by atomic mass is 32.2. The van der Waals surface area contributed by atoms with Gasteiger partial charge in [-0.15, -0.1) is 11.8 Å². The van der Waals surface area contributed by atoms with Gasteiger partial charge in [0.25, 0.3) is 0 Å². The van der Waals surface area contributed by atoms with Crippen LogP contribution in [0, 0.1) is 5.92 Å². The van der Waals surface area contributed by atoms with Crippen molar-refractivity contribution >= 4 is 23.4 Å². The lowest BCUT2D eigenvalue weighted by atomic mass is 10.0. The Morgan fingerprint density at radius 3 is 2.58 bits per heavy atom. The zero-order chi connectivity index (χ0) is 14.4. The molecule has 0 aromatic heterocycles. The van der Waals surface area contributed by atoms with E-state index in [1.165, 1.54) is 11.8 Å². The van der Waals surface area contributed by atoms with E-state index < -0.39 is 5.97 Å². The molecule has 0 aliphatic carbocycles. The molecule has 1 aromatic rings. The average molecular weight is 283 g/mol. The quantitative estimate of drug-likeness (QED) is 0.671. The molecule has 106 valence electrons. The maximum atomic E-state index is 11.4. The van der Waals surface area contributed by atoms with Gasteiger partial charge in [0, 0.05) is 4.90 Å². The Bertz CT molecular complexity index is 435. The van der Waals surface area contributed by atoms with Crippen molar-refractivity contribution in [2.45, 2.75) is 31.7 Å². The van der Waals surface area contributed by atoms with Crippen LogP contribution in [0.4, 0.5) is 5.69 Å². The predicted octanol–water partition coefficient (Wildman–Crippen LogP) is 2.93. The van der Waals surface area contributed by atoms with E-state index in [9.17, 15) is 15.0 Å². The number of hydrogen-bond acceptors (Lipinski definition) is 4. The van der Waals surface area contributed by atoms with Gasteiger partial charge in [-0.1, -0.05) is 26.8 Å². The van der Waals surface area contributed by atoms with E-state index in [1.807, 2.05) is 32.9 Å². The molecule has 0 fully saturated rings. The highest BCUT2D eigenvalue weighted by Crippen LogP contribution is 2.29. The lowest BCUT2D eigenvalue weighted by Crippen LogP contribution is -2.30. The number of hydrogen-bond donors (Lipinski definition) is 3. The Balaban J connectivity index is 3.12. The molecule has 0 unspecified atom stereocenters. The molecule has 1 atom stereocenters. The van der Waals surface area contributed by atoms with Crippen LogP contribution in [0.3, 0.4) is 0 Å². The van der Waals surface area contributed by atoms with Crippen molar-refractivity contribution in [1.82, 2.24) is 0 Å². The van der Waals surface area contributed by atoms with Gasteiger partial charge in [-0.2, -0.15) is 0 Å². The molecule has 3 N–H and O–H groups in total. The highest BCUT2D eigenvalue weighted by molar-refractivity contribution is 7.99. The van der Waals surface area contributed by atoms with Gasteiger partial charge in [-0.05, 0) is 23.8 Å². The molecule has 0 aliphatic heterocycles. The Hall–Kier alpha value is -1.20. The Morgan fingerprint density at radius 1 is 1.42 bits per heavy atom. The second-order valence-corrected chi connectivity index (χ2v) is 5.90. The van der Waals surface area contributed by atoms with Crippen LogP contribution < -0.4 is 5.32 Å². The number of rotatable bonds is 7. The first kappa shape index (κ1) is 15.9. The fourth-order valence-corrected chi connectivity index (χ4v) is 2.60. The lowest BCUT2D eigenvalue weighted by molar-refractivity contribution is 0.0694. The minimum atomic E-state index is -0.945. The molecule has 0 amide bonds. The van der Waals surface area contributed by atoms with Crippen LogP contribution in [-0.2, 0) is 0 Å². The van der Waals surface area contributed by atoms with E-state index in [2.05, 4.69) is 5.32 Å². The zero-order valence-corrected chi connectivity index (χ0v) is 12.3. The van der Waals surface area contributed by atoms with Crippen LogP contribution in [0.2, 0.25) is 0 Å². The predicted molar refractivity (Wildman–Crippen MR) is 79.1 cm³/mol. The number of carbonyl (C=O) groups is 1. The molecule has 0 bridgehead atoms. The molecule has 0 spiro atoms. The van der Waals surface area contributed by atoms with Crippen LogP contribution in [0.25, 0.3) is 0 Å². The molecular formula is C14H21NO3S. The Labute approximate surface area is 118 Å². The molecular weight excluding hydrogens is 262 g/mol. The van der Waals surface area contributed by atoms with Crippen molar-refractivity contribution in [3.63, 3.8) is 0 Å². The van der Waals surface area contributed by atoms with E-state index in [4.69, 9.17) is 0 Å². The third-order valence-corrected chi connectivity index (χ3v) is 3.82. The van der Waals surface area contributed by atoms with E-state index >= 15 is 0 Å². The fourth-order valence-electron chi connectivity index (χ4n) is 1.77. The number of anilines is 1. The topological polar surface area (TPSA) is 69.6 Å². The second-order valence-electron chi connectivity index (χ2n) is 4.59. The lowest BCUT2D eigenvalue weighted by Gasteiger charge is -2.23. The number of aromatic carboxylic acids is 1. The van der Waals surface area contributed by atoms with Gasteiger partial charge >= 0.3 is 5.97 Å². The molecule has 0 saturated carbocycles. The molecule has 1 aromatic carbocycles. The maximum Gasteiger partial charge on any atom is 0.338 e. The summed E-state index contributed by atoms with van der Waals surface area (Å²) >= 11 is 1.50. The van der Waals surface area contributed by atoms with Gasteiger partial charge in [-0.3, -0.25) is 0 Å². The van der Waals surface area contributed by atoms with Gasteiger partial charge in [-0.25, -0.2) is 4.79 Å². The number of carboxylic acid groups (broad SMARTS) is 1. The number of nitrogens with one attached hydrogen (secondary N) is 1. The summed E-state index contributed by atoms with van der Waals surface area (Å²) in [4.78, 5) is 12.2. The third-order valence-electron chi connectivity index (χ3n) is 2.88. The summed E-state index contributed by atoms with van der Waals surface area (Å²) in [7, 11) is 0. The molecule has 5 heteroatoms. The summed E-state index contributed by atoms with van der Waals surface area (Å²) < 4.78 is 0. The first-order valence-corrected chi connectivity index (χ1v) is 7.36. The van der Waals surface area contributed by atoms with Gasteiger partial charge in [0.15, 0.2) is 0 Å². The number of aliphatic hydroxyl groups is 1. The van der Waals surface area contributed by atoms with Crippen molar-refractivity contribution in [2.24, 2.45) is 5.92 Å². The Kier molecular flexibility index (Phi) is 6.18. The number of carboxylic acids is 1. The van der Waals surface area contributed by atoms with Crippen LogP contribution in [0.5, 0.6) is 0 Å². The highest BCUT2D eigenvalue weighted by Gasteiger charge is 2.19. The van der Waals surface area contributed by atoms with E-state index in [0.717, 1.165) is 10.6 Å². The standard InChI is InChI=1S/C14H21NO3S/c1-4-19-12-7-5-6-10(13(12)14(17)18)15-11(8-16)9(2)3/h5-7,9,11,15-16H,4,8H2,1-3H3,(H,17,18)/t11-/m1/s1. The molecule has 0 saturated heterocycles. The average Bonchev–Trinajstić information content (AvgIpc) is 2.35. The van der Waals surface area contributed by atoms with Gasteiger partial charge in [0.2, 0.25) is 0 Å². The Morgan fingerprint density at radius 2 is 2.11 bits per heavy atom. The molecule has 0 radical (unpaired) electrons. The van der Waals surface area contributed by atoms with Gasteiger partial charge in [0.05, 0.1) is 23.9 Å². The molecule has 0 heterocycles. The molecule has 19 heavy (non-hydrogen) atoms. The number of thioether (sulfide) groups is 1. The van der Waals surface area contributed by atoms with Crippen LogP contribution in [0.15, 0.2) is 23.1 Å². The second kappa shape index (κ2) is 7.40. The number of aliphatic hydroxyl groups excluding tert-OH is 1. The van der Waals surface area contributed by atoms with Gasteiger partial charge < -0.3 is 15.5 Å². The normalized spacial score (nSPS) is 12.5. The summed E-state index contributed by atoms with van der Waals surface area (Å²) in [5.74, 6) is 0.0887. The van der Waals surface area contributed by atoms with Crippen LogP contribution in [-0.4, -0.2) is 34.6 Å². The minimum Gasteiger partial charge on any atom is -0.478 e. The number of benzene rings is 1. The monoisotopic (exact) mass is 283 g/mol. The largest absolute Gasteiger partial charge is 0.478 e. The molecule has 4 nitrogen and oxygen atoms in total. The summed E-state index contributed by atoms with van der Waals surface area (Å²) in [5, 5.41) is 21.9. The SMILES string of the molecule is CCSc1cccc(N[C@H](CO)C(C)C)c1C(=O)O. The first-order chi connectivity index (χ1) is 9.01. The van der Waals surface area contributed by atoms with Crippen molar-refractivity contribution in [1.29, 1.82) is 0 Å². The van der Waals surface area contributed by atoms with Crippen LogP contribution in [0.1, 0.15) is 31.1 Å². The van der Waals surface area contributed by atoms with Crippen molar-refractivity contribution in [3.8, 4) is 0 Å². The van der Waals surface area contributed by atoms with Crippen molar-refractivity contribution in [2.75, 3.05) is 17.7 Å². The molecule has 0 aliphatic rings. The summed E-state index contributed by atoms with van der Waals surface area (Å²) in [6.07, 6.45) is 0.